The molecular formula is H2AlMgO6Si2Ti. The van der Waals surface area contributed by atoms with Gasteiger partial charge in [-0.15, -0.1) is 0 Å². The maximum absolute atomic E-state index is 8.52. The van der Waals surface area contributed by atoms with Crippen molar-refractivity contribution in [1.82, 2.24) is 0 Å². The van der Waals surface area contributed by atoms with E-state index < -0.39 is 18.3 Å². The molecule has 0 aliphatic rings. The molecule has 0 bridgehead atoms. The molecule has 11 heavy (non-hydrogen) atoms. The zero-order valence-corrected chi connectivity index (χ0v) is 11.4. The SMILES string of the molecule is O=[Si]([O-])[O-].O=[Si]([O-])[O-].[Al].[H-].[H-].[Mg+2].[Ti+4]. The molecule has 0 saturated heterocycles. The molecule has 0 aromatic rings. The van der Waals surface area contributed by atoms with Crippen molar-refractivity contribution in [2.24, 2.45) is 0 Å². The van der Waals surface area contributed by atoms with Gasteiger partial charge in [-0.25, -0.2) is 0 Å². The smallest absolute Gasteiger partial charge is 1.00 e. The van der Waals surface area contributed by atoms with Crippen molar-refractivity contribution in [2.45, 2.75) is 0 Å². The van der Waals surface area contributed by atoms with Crippen molar-refractivity contribution in [3.8, 4) is 0 Å². The molecule has 0 rings (SSSR count). The normalized spacial score (nSPS) is 4.36. The summed E-state index contributed by atoms with van der Waals surface area (Å²) in [5, 5.41) is 0. The van der Waals surface area contributed by atoms with Crippen LogP contribution < -0.4 is 19.2 Å². The minimum absolute atomic E-state index is 0. The van der Waals surface area contributed by atoms with E-state index in [4.69, 9.17) is 28.1 Å². The fourth-order valence-corrected chi connectivity index (χ4v) is 0. The second kappa shape index (κ2) is 22.5. The minimum atomic E-state index is -3.63. The molecule has 0 unspecified atom stereocenters. The Bertz CT molecular complexity index is 86.6. The monoisotopic (exact) mass is 253 g/mol. The Balaban J connectivity index is -0.00000000800. The Morgan fingerprint density at radius 1 is 0.909 bits per heavy atom. The van der Waals surface area contributed by atoms with Crippen molar-refractivity contribution < 1.29 is 52.7 Å². The van der Waals surface area contributed by atoms with Gasteiger partial charge in [0.05, 0.1) is 0 Å². The maximum atomic E-state index is 8.52. The van der Waals surface area contributed by atoms with Crippen LogP contribution >= 0.6 is 0 Å². The Hall–Kier alpha value is 1.25. The Morgan fingerprint density at radius 3 is 0.909 bits per heavy atom. The number of hydrogen-bond acceptors (Lipinski definition) is 6. The Morgan fingerprint density at radius 2 is 0.909 bits per heavy atom. The van der Waals surface area contributed by atoms with Gasteiger partial charge >= 0.3 is 44.8 Å². The molecule has 11 heteroatoms. The molecule has 0 saturated carbocycles. The second-order valence-corrected chi connectivity index (χ2v) is 1.50. The summed E-state index contributed by atoms with van der Waals surface area (Å²) in [7, 11) is -7.26. The largest absolute Gasteiger partial charge is 4.00 e. The van der Waals surface area contributed by atoms with E-state index in [1.807, 2.05) is 0 Å². The summed E-state index contributed by atoms with van der Waals surface area (Å²) in [4.78, 5) is 34.1. The fraction of sp³-hybridized carbons (Fsp3) is 0. The first-order valence-corrected chi connectivity index (χ1v) is 3.67. The van der Waals surface area contributed by atoms with Gasteiger partial charge in [-0.3, -0.25) is 0 Å². The van der Waals surface area contributed by atoms with Gasteiger partial charge in [0, 0.05) is 35.7 Å². The van der Waals surface area contributed by atoms with Crippen LogP contribution in [0.2, 0.25) is 0 Å². The molecule has 0 atom stereocenters. The van der Waals surface area contributed by atoms with E-state index in [1.165, 1.54) is 0 Å². The molecular weight excluding hydrogens is 251 g/mol. The van der Waals surface area contributed by atoms with Crippen LogP contribution in [0.5, 0.6) is 0 Å². The van der Waals surface area contributed by atoms with E-state index in [9.17, 15) is 0 Å². The summed E-state index contributed by atoms with van der Waals surface area (Å²) in [6.07, 6.45) is 0. The molecule has 0 aliphatic heterocycles. The standard InChI is InChI=1S/Al.Mg.2O3Si.Ti.2H/c;;2*1-4(2)3;;;/q;+2;2*-2;+4;2*-1. The third-order valence-corrected chi connectivity index (χ3v) is 0. The molecule has 0 aliphatic carbocycles. The molecule has 0 spiro atoms. The molecule has 0 heterocycles. The molecule has 0 fully saturated rings. The van der Waals surface area contributed by atoms with Crippen LogP contribution in [-0.4, -0.2) is 58.8 Å². The van der Waals surface area contributed by atoms with Gasteiger partial charge in [-0.2, -0.15) is 0 Å². The first-order valence-electron chi connectivity index (χ1n) is 1.22. The van der Waals surface area contributed by atoms with Gasteiger partial charge in [-0.05, 0) is 0 Å². The summed E-state index contributed by atoms with van der Waals surface area (Å²) in [5.74, 6) is 0. The minimum Gasteiger partial charge on any atom is -1.00 e. The Labute approximate surface area is 111 Å². The average molecular weight is 253 g/mol. The van der Waals surface area contributed by atoms with E-state index in [2.05, 4.69) is 0 Å². The summed E-state index contributed by atoms with van der Waals surface area (Å²) in [6, 6.07) is 0. The predicted molar refractivity (Wildman–Crippen MR) is 26.6 cm³/mol. The van der Waals surface area contributed by atoms with Crippen LogP contribution in [0.4, 0.5) is 0 Å². The van der Waals surface area contributed by atoms with E-state index in [1.54, 1.807) is 0 Å². The topological polar surface area (TPSA) is 126 Å². The van der Waals surface area contributed by atoms with Crippen molar-refractivity contribution in [1.29, 1.82) is 0 Å². The molecule has 3 radical (unpaired) electrons. The van der Waals surface area contributed by atoms with Gasteiger partial charge < -0.3 is 31.0 Å². The van der Waals surface area contributed by atoms with Crippen LogP contribution in [0, 0.1) is 0 Å². The van der Waals surface area contributed by atoms with Gasteiger partial charge in [-0.1, -0.05) is 0 Å². The van der Waals surface area contributed by atoms with Gasteiger partial charge in [0.25, 0.3) is 0 Å². The van der Waals surface area contributed by atoms with Crippen LogP contribution in [0.3, 0.4) is 0 Å². The molecule has 0 N–H and O–H groups in total. The van der Waals surface area contributed by atoms with Crippen molar-refractivity contribution >= 4 is 58.8 Å². The zero-order valence-electron chi connectivity index (χ0n) is 7.23. The molecule has 0 aromatic carbocycles. The van der Waals surface area contributed by atoms with E-state index in [0.29, 0.717) is 0 Å². The third-order valence-electron chi connectivity index (χ3n) is 0. The van der Waals surface area contributed by atoms with E-state index in [-0.39, 0.29) is 65.0 Å². The first-order chi connectivity index (χ1) is 3.46. The van der Waals surface area contributed by atoms with E-state index >= 15 is 0 Å². The molecule has 6 nitrogen and oxygen atoms in total. The van der Waals surface area contributed by atoms with E-state index in [0.717, 1.165) is 0 Å². The molecule has 55 valence electrons. The van der Waals surface area contributed by atoms with Crippen molar-refractivity contribution in [2.75, 3.05) is 0 Å². The number of rotatable bonds is 0. The summed E-state index contributed by atoms with van der Waals surface area (Å²) < 4.78 is 17.0. The molecule has 0 aromatic heterocycles. The zero-order chi connectivity index (χ0) is 7.15. The Kier molecular flexibility index (Phi) is 60.3. The van der Waals surface area contributed by atoms with Crippen molar-refractivity contribution in [3.63, 3.8) is 0 Å². The fourth-order valence-electron chi connectivity index (χ4n) is 0. The number of hydrogen-bond donors (Lipinski definition) is 0. The second-order valence-electron chi connectivity index (χ2n) is 0.500. The molecule has 0 amide bonds. The third kappa shape index (κ3) is 619. The predicted octanol–water partition coefficient (Wildman–Crippen LogP) is -6.29. The van der Waals surface area contributed by atoms with Crippen molar-refractivity contribution in [3.05, 3.63) is 0 Å². The van der Waals surface area contributed by atoms with Crippen LogP contribution in [0.15, 0.2) is 0 Å². The van der Waals surface area contributed by atoms with Crippen LogP contribution in [-0.2, 0) is 30.6 Å². The first kappa shape index (κ1) is 29.5. The van der Waals surface area contributed by atoms with Crippen LogP contribution in [0.1, 0.15) is 2.85 Å². The maximum Gasteiger partial charge on any atom is 4.00 e. The quantitative estimate of drug-likeness (QED) is 0.395. The average Bonchev–Trinajstić information content (AvgIpc) is 1.25. The van der Waals surface area contributed by atoms with Gasteiger partial charge in [0.15, 0.2) is 0 Å². The summed E-state index contributed by atoms with van der Waals surface area (Å²) >= 11 is 0. The van der Waals surface area contributed by atoms with Crippen LogP contribution in [0.25, 0.3) is 0 Å². The summed E-state index contributed by atoms with van der Waals surface area (Å²) in [5.41, 5.74) is 0. The van der Waals surface area contributed by atoms with Gasteiger partial charge in [0.2, 0.25) is 0 Å². The van der Waals surface area contributed by atoms with Gasteiger partial charge in [0.1, 0.15) is 0 Å². The summed E-state index contributed by atoms with van der Waals surface area (Å²) in [6.45, 7) is 0.